The van der Waals surface area contributed by atoms with Crippen LogP contribution in [0.2, 0.25) is 0 Å². The zero-order valence-corrected chi connectivity index (χ0v) is 7.89. The average Bonchev–Trinajstić information content (AvgIpc) is 2.23. The minimum atomic E-state index is -0.355. The largest absolute Gasteiger partial charge is 0.316 e. The van der Waals surface area contributed by atoms with Gasteiger partial charge in [0.25, 0.3) is 0 Å². The van der Waals surface area contributed by atoms with Crippen LogP contribution in [0.25, 0.3) is 0 Å². The van der Waals surface area contributed by atoms with E-state index in [1.807, 2.05) is 0 Å². The lowest BCUT2D eigenvalue weighted by molar-refractivity contribution is 0.443. The molecule has 76 valence electrons. The van der Waals surface area contributed by atoms with Crippen LogP contribution in [0.15, 0.2) is 18.2 Å². The Hall–Kier alpha value is -0.960. The van der Waals surface area contributed by atoms with Crippen LogP contribution < -0.4 is 5.32 Å². The van der Waals surface area contributed by atoms with Gasteiger partial charge in [-0.15, -0.1) is 0 Å². The van der Waals surface area contributed by atoms with Gasteiger partial charge in [-0.25, -0.2) is 8.78 Å². The lowest BCUT2D eigenvalue weighted by Crippen LogP contribution is -2.28. The van der Waals surface area contributed by atoms with Gasteiger partial charge in [0.1, 0.15) is 11.6 Å². The highest BCUT2D eigenvalue weighted by Gasteiger charge is 2.18. The second kappa shape index (κ2) is 4.05. The molecule has 1 saturated heterocycles. The maximum atomic E-state index is 13.4. The van der Waals surface area contributed by atoms with Crippen molar-refractivity contribution in [3.05, 3.63) is 35.4 Å². The summed E-state index contributed by atoms with van der Waals surface area (Å²) in [6, 6.07) is 3.68. The second-order valence-electron chi connectivity index (χ2n) is 3.71. The first-order valence-corrected chi connectivity index (χ1v) is 4.93. The van der Waals surface area contributed by atoms with E-state index in [1.54, 1.807) is 0 Å². The Morgan fingerprint density at radius 2 is 2.14 bits per heavy atom. The van der Waals surface area contributed by atoms with Crippen molar-refractivity contribution in [2.45, 2.75) is 18.8 Å². The molecule has 1 aliphatic rings. The van der Waals surface area contributed by atoms with Gasteiger partial charge in [-0.05, 0) is 49.1 Å². The third-order valence-electron chi connectivity index (χ3n) is 2.69. The van der Waals surface area contributed by atoms with Crippen molar-refractivity contribution in [1.82, 2.24) is 5.32 Å². The molecule has 0 aliphatic carbocycles. The fourth-order valence-corrected chi connectivity index (χ4v) is 1.94. The third kappa shape index (κ3) is 1.93. The van der Waals surface area contributed by atoms with Crippen molar-refractivity contribution in [2.24, 2.45) is 0 Å². The number of rotatable bonds is 1. The topological polar surface area (TPSA) is 12.0 Å². The SMILES string of the molecule is Fc1ccc(F)c([C@H]2CCCNC2)c1. The molecule has 1 aromatic rings. The number of nitrogens with one attached hydrogen (secondary N) is 1. The lowest BCUT2D eigenvalue weighted by Gasteiger charge is -2.23. The Morgan fingerprint density at radius 3 is 2.86 bits per heavy atom. The first-order valence-electron chi connectivity index (χ1n) is 4.93. The molecular formula is C11H13F2N. The summed E-state index contributed by atoms with van der Waals surface area (Å²) >= 11 is 0. The van der Waals surface area contributed by atoms with Gasteiger partial charge in [-0.3, -0.25) is 0 Å². The molecule has 0 amide bonds. The Labute approximate surface area is 82.1 Å². The summed E-state index contributed by atoms with van der Waals surface area (Å²) in [5.41, 5.74) is 0.511. The average molecular weight is 197 g/mol. The molecule has 2 rings (SSSR count). The molecule has 0 spiro atoms. The van der Waals surface area contributed by atoms with Crippen LogP contribution in [0.4, 0.5) is 8.78 Å². The molecule has 1 aromatic carbocycles. The van der Waals surface area contributed by atoms with Gasteiger partial charge < -0.3 is 5.32 Å². The number of hydrogen-bond acceptors (Lipinski definition) is 1. The quantitative estimate of drug-likeness (QED) is 0.729. The van der Waals surface area contributed by atoms with Crippen molar-refractivity contribution >= 4 is 0 Å². The summed E-state index contributed by atoms with van der Waals surface area (Å²) in [4.78, 5) is 0. The maximum Gasteiger partial charge on any atom is 0.126 e. The lowest BCUT2D eigenvalue weighted by atomic mass is 9.91. The Morgan fingerprint density at radius 1 is 1.29 bits per heavy atom. The molecule has 1 aliphatic heterocycles. The van der Waals surface area contributed by atoms with E-state index in [0.29, 0.717) is 5.56 Å². The van der Waals surface area contributed by atoms with Crippen molar-refractivity contribution in [1.29, 1.82) is 0 Å². The highest BCUT2D eigenvalue weighted by atomic mass is 19.1. The summed E-state index contributed by atoms with van der Waals surface area (Å²) in [6.45, 7) is 1.73. The predicted octanol–water partition coefficient (Wildman–Crippen LogP) is 2.43. The molecule has 0 aromatic heterocycles. The minimum absolute atomic E-state index is 0.124. The molecule has 0 saturated carbocycles. The Bertz CT molecular complexity index is 319. The van der Waals surface area contributed by atoms with E-state index >= 15 is 0 Å². The zero-order chi connectivity index (χ0) is 9.97. The van der Waals surface area contributed by atoms with Crippen LogP contribution in [-0.4, -0.2) is 13.1 Å². The molecule has 0 unspecified atom stereocenters. The van der Waals surface area contributed by atoms with E-state index in [0.717, 1.165) is 32.0 Å². The molecule has 1 fully saturated rings. The van der Waals surface area contributed by atoms with Crippen LogP contribution in [0, 0.1) is 11.6 Å². The van der Waals surface area contributed by atoms with Gasteiger partial charge >= 0.3 is 0 Å². The van der Waals surface area contributed by atoms with Gasteiger partial charge in [0.2, 0.25) is 0 Å². The summed E-state index contributed by atoms with van der Waals surface area (Å²) in [5.74, 6) is -0.522. The predicted molar refractivity (Wildman–Crippen MR) is 51.2 cm³/mol. The molecule has 3 heteroatoms. The first kappa shape index (κ1) is 9.59. The van der Waals surface area contributed by atoms with E-state index < -0.39 is 0 Å². The Kier molecular flexibility index (Phi) is 2.77. The van der Waals surface area contributed by atoms with Gasteiger partial charge in [0, 0.05) is 6.54 Å². The zero-order valence-electron chi connectivity index (χ0n) is 7.89. The van der Waals surface area contributed by atoms with Gasteiger partial charge in [0.05, 0.1) is 0 Å². The summed E-state index contributed by atoms with van der Waals surface area (Å²) in [6.07, 6.45) is 1.97. The molecule has 1 heterocycles. The number of hydrogen-bond donors (Lipinski definition) is 1. The van der Waals surface area contributed by atoms with E-state index in [2.05, 4.69) is 5.32 Å². The molecule has 1 nitrogen and oxygen atoms in total. The molecule has 1 atom stereocenters. The van der Waals surface area contributed by atoms with E-state index in [1.165, 1.54) is 12.1 Å². The minimum Gasteiger partial charge on any atom is -0.316 e. The highest BCUT2D eigenvalue weighted by molar-refractivity contribution is 5.23. The van der Waals surface area contributed by atoms with Gasteiger partial charge in [-0.1, -0.05) is 0 Å². The number of benzene rings is 1. The van der Waals surface area contributed by atoms with Crippen LogP contribution >= 0.6 is 0 Å². The first-order chi connectivity index (χ1) is 6.77. The van der Waals surface area contributed by atoms with Gasteiger partial charge in [0.15, 0.2) is 0 Å². The molecule has 0 radical (unpaired) electrons. The monoisotopic (exact) mass is 197 g/mol. The summed E-state index contributed by atoms with van der Waals surface area (Å²) in [5, 5.41) is 3.19. The molecule has 14 heavy (non-hydrogen) atoms. The fourth-order valence-electron chi connectivity index (χ4n) is 1.94. The van der Waals surface area contributed by atoms with Crippen molar-refractivity contribution < 1.29 is 8.78 Å². The number of piperidine rings is 1. The third-order valence-corrected chi connectivity index (χ3v) is 2.69. The van der Waals surface area contributed by atoms with E-state index in [4.69, 9.17) is 0 Å². The molecule has 0 bridgehead atoms. The van der Waals surface area contributed by atoms with Crippen LogP contribution in [0.3, 0.4) is 0 Å². The summed E-state index contributed by atoms with van der Waals surface area (Å²) in [7, 11) is 0. The van der Waals surface area contributed by atoms with Gasteiger partial charge in [-0.2, -0.15) is 0 Å². The molecule has 1 N–H and O–H groups in total. The standard InChI is InChI=1S/C11H13F2N/c12-9-3-4-11(13)10(6-9)8-2-1-5-14-7-8/h3-4,6,8,14H,1-2,5,7H2/t8-/m0/s1. The normalized spacial score (nSPS) is 22.3. The van der Waals surface area contributed by atoms with Crippen molar-refractivity contribution in [3.63, 3.8) is 0 Å². The van der Waals surface area contributed by atoms with Crippen LogP contribution in [0.1, 0.15) is 24.3 Å². The van der Waals surface area contributed by atoms with E-state index in [-0.39, 0.29) is 17.6 Å². The van der Waals surface area contributed by atoms with Crippen LogP contribution in [-0.2, 0) is 0 Å². The van der Waals surface area contributed by atoms with Crippen molar-refractivity contribution in [3.8, 4) is 0 Å². The highest BCUT2D eigenvalue weighted by Crippen LogP contribution is 2.25. The maximum absolute atomic E-state index is 13.4. The Balaban J connectivity index is 2.24. The van der Waals surface area contributed by atoms with E-state index in [9.17, 15) is 8.78 Å². The van der Waals surface area contributed by atoms with Crippen LogP contribution in [0.5, 0.6) is 0 Å². The number of halogens is 2. The second-order valence-corrected chi connectivity index (χ2v) is 3.71. The smallest absolute Gasteiger partial charge is 0.126 e. The summed E-state index contributed by atoms with van der Waals surface area (Å²) < 4.78 is 26.3. The fraction of sp³-hybridized carbons (Fsp3) is 0.455. The molecular weight excluding hydrogens is 184 g/mol. The van der Waals surface area contributed by atoms with Crippen molar-refractivity contribution in [2.75, 3.05) is 13.1 Å².